The summed E-state index contributed by atoms with van der Waals surface area (Å²) in [7, 11) is 0. The third-order valence-electron chi connectivity index (χ3n) is 2.18. The van der Waals surface area contributed by atoms with E-state index in [1.807, 2.05) is 13.0 Å². The molecule has 0 radical (unpaired) electrons. The molecule has 0 aliphatic carbocycles. The van der Waals surface area contributed by atoms with Gasteiger partial charge in [0.25, 0.3) is 5.22 Å². The predicted molar refractivity (Wildman–Crippen MR) is 70.8 cm³/mol. The van der Waals surface area contributed by atoms with Crippen molar-refractivity contribution in [2.75, 3.05) is 11.9 Å². The van der Waals surface area contributed by atoms with Gasteiger partial charge in [-0.25, -0.2) is 15.0 Å². The molecule has 96 valence electrons. The molecule has 0 aliphatic rings. The third kappa shape index (κ3) is 3.46. The SMILES string of the molecule is CCCc1nc(NCC)cc(Sc2ncco2)n1. The largest absolute Gasteiger partial charge is 0.440 e. The molecule has 2 aromatic rings. The Kier molecular flexibility index (Phi) is 4.58. The van der Waals surface area contributed by atoms with Gasteiger partial charge >= 0.3 is 0 Å². The van der Waals surface area contributed by atoms with Crippen LogP contribution >= 0.6 is 11.8 Å². The van der Waals surface area contributed by atoms with E-state index in [9.17, 15) is 0 Å². The van der Waals surface area contributed by atoms with Crippen LogP contribution in [0.15, 0.2) is 33.2 Å². The van der Waals surface area contributed by atoms with E-state index in [1.165, 1.54) is 11.8 Å². The number of nitrogens with one attached hydrogen (secondary N) is 1. The maximum absolute atomic E-state index is 5.21. The lowest BCUT2D eigenvalue weighted by Gasteiger charge is -2.06. The number of nitrogens with zero attached hydrogens (tertiary/aromatic N) is 3. The van der Waals surface area contributed by atoms with Crippen molar-refractivity contribution in [1.29, 1.82) is 0 Å². The Morgan fingerprint density at radius 2 is 2.22 bits per heavy atom. The number of rotatable bonds is 6. The van der Waals surface area contributed by atoms with Crippen LogP contribution in [0.1, 0.15) is 26.1 Å². The highest BCUT2D eigenvalue weighted by molar-refractivity contribution is 7.99. The van der Waals surface area contributed by atoms with E-state index in [4.69, 9.17) is 4.42 Å². The number of aromatic nitrogens is 3. The average molecular weight is 264 g/mol. The molecule has 2 rings (SSSR count). The quantitative estimate of drug-likeness (QED) is 0.809. The Hall–Kier alpha value is -1.56. The van der Waals surface area contributed by atoms with E-state index in [0.717, 1.165) is 36.1 Å². The first kappa shape index (κ1) is 12.9. The molecule has 0 saturated carbocycles. The third-order valence-corrected chi connectivity index (χ3v) is 2.98. The number of aryl methyl sites for hydroxylation is 1. The summed E-state index contributed by atoms with van der Waals surface area (Å²) in [5, 5.41) is 4.66. The van der Waals surface area contributed by atoms with Crippen LogP contribution in [0.3, 0.4) is 0 Å². The first-order valence-electron chi connectivity index (χ1n) is 6.01. The fraction of sp³-hybridized carbons (Fsp3) is 0.417. The molecule has 0 aromatic carbocycles. The van der Waals surface area contributed by atoms with Gasteiger partial charge in [0.1, 0.15) is 22.9 Å². The van der Waals surface area contributed by atoms with Crippen LogP contribution in [-0.4, -0.2) is 21.5 Å². The minimum atomic E-state index is 0.596. The zero-order valence-electron chi connectivity index (χ0n) is 10.5. The molecule has 2 heterocycles. The fourth-order valence-corrected chi connectivity index (χ4v) is 2.20. The van der Waals surface area contributed by atoms with Gasteiger partial charge in [-0.15, -0.1) is 0 Å². The number of hydrogen-bond donors (Lipinski definition) is 1. The van der Waals surface area contributed by atoms with Crippen molar-refractivity contribution in [3.05, 3.63) is 24.4 Å². The van der Waals surface area contributed by atoms with E-state index in [-0.39, 0.29) is 0 Å². The first-order chi connectivity index (χ1) is 8.81. The Morgan fingerprint density at radius 3 is 2.89 bits per heavy atom. The van der Waals surface area contributed by atoms with Crippen molar-refractivity contribution in [3.63, 3.8) is 0 Å². The number of hydrogen-bond acceptors (Lipinski definition) is 6. The van der Waals surface area contributed by atoms with E-state index in [1.54, 1.807) is 12.5 Å². The summed E-state index contributed by atoms with van der Waals surface area (Å²) in [5.74, 6) is 1.70. The molecule has 1 N–H and O–H groups in total. The monoisotopic (exact) mass is 264 g/mol. The predicted octanol–water partition coefficient (Wildman–Crippen LogP) is 3.00. The van der Waals surface area contributed by atoms with Crippen LogP contribution in [0.25, 0.3) is 0 Å². The summed E-state index contributed by atoms with van der Waals surface area (Å²) in [6.45, 7) is 5.00. The second-order valence-electron chi connectivity index (χ2n) is 3.69. The molecule has 18 heavy (non-hydrogen) atoms. The van der Waals surface area contributed by atoms with Crippen LogP contribution in [0.2, 0.25) is 0 Å². The fourth-order valence-electron chi connectivity index (χ4n) is 1.48. The molecule has 0 amide bonds. The van der Waals surface area contributed by atoms with Crippen molar-refractivity contribution in [2.24, 2.45) is 0 Å². The normalized spacial score (nSPS) is 10.6. The van der Waals surface area contributed by atoms with Gasteiger partial charge in [-0.2, -0.15) is 0 Å². The Balaban J connectivity index is 2.21. The van der Waals surface area contributed by atoms with Gasteiger partial charge in [0.15, 0.2) is 0 Å². The standard InChI is InChI=1S/C12H16N4OS/c1-3-5-9-15-10(13-4-2)8-11(16-9)18-12-14-6-7-17-12/h6-8H,3-5H2,1-2H3,(H,13,15,16). The van der Waals surface area contributed by atoms with E-state index < -0.39 is 0 Å². The molecule has 0 fully saturated rings. The lowest BCUT2D eigenvalue weighted by atomic mass is 10.3. The number of oxazole rings is 1. The van der Waals surface area contributed by atoms with Gasteiger partial charge in [0, 0.05) is 19.0 Å². The van der Waals surface area contributed by atoms with Crippen LogP contribution in [0.4, 0.5) is 5.82 Å². The molecular weight excluding hydrogens is 248 g/mol. The van der Waals surface area contributed by atoms with Gasteiger partial charge < -0.3 is 9.73 Å². The molecule has 0 aliphatic heterocycles. The Labute approximate surface area is 110 Å². The minimum Gasteiger partial charge on any atom is -0.440 e. The zero-order chi connectivity index (χ0) is 12.8. The zero-order valence-corrected chi connectivity index (χ0v) is 11.3. The van der Waals surface area contributed by atoms with Crippen molar-refractivity contribution < 1.29 is 4.42 Å². The highest BCUT2D eigenvalue weighted by Crippen LogP contribution is 2.26. The van der Waals surface area contributed by atoms with Gasteiger partial charge in [-0.3, -0.25) is 0 Å². The van der Waals surface area contributed by atoms with Crippen LogP contribution in [-0.2, 0) is 6.42 Å². The van der Waals surface area contributed by atoms with E-state index in [2.05, 4.69) is 27.2 Å². The second-order valence-corrected chi connectivity index (χ2v) is 4.66. The van der Waals surface area contributed by atoms with Crippen molar-refractivity contribution in [1.82, 2.24) is 15.0 Å². The number of anilines is 1. The Morgan fingerprint density at radius 1 is 1.33 bits per heavy atom. The molecule has 0 bridgehead atoms. The van der Waals surface area contributed by atoms with Crippen LogP contribution in [0, 0.1) is 0 Å². The topological polar surface area (TPSA) is 63.8 Å². The summed E-state index contributed by atoms with van der Waals surface area (Å²) in [4.78, 5) is 13.0. The molecule has 0 saturated heterocycles. The second kappa shape index (κ2) is 6.39. The van der Waals surface area contributed by atoms with Gasteiger partial charge in [-0.1, -0.05) is 6.92 Å². The summed E-state index contributed by atoms with van der Waals surface area (Å²) in [5.41, 5.74) is 0. The molecule has 6 heteroatoms. The maximum atomic E-state index is 5.21. The molecule has 5 nitrogen and oxygen atoms in total. The first-order valence-corrected chi connectivity index (χ1v) is 6.82. The maximum Gasteiger partial charge on any atom is 0.261 e. The summed E-state index contributed by atoms with van der Waals surface area (Å²) in [6.07, 6.45) is 5.08. The lowest BCUT2D eigenvalue weighted by Crippen LogP contribution is -2.04. The van der Waals surface area contributed by atoms with Crippen molar-refractivity contribution >= 4 is 17.6 Å². The highest BCUT2D eigenvalue weighted by atomic mass is 32.2. The lowest BCUT2D eigenvalue weighted by molar-refractivity contribution is 0.454. The summed E-state index contributed by atoms with van der Waals surface area (Å²) < 4.78 is 5.21. The molecule has 0 atom stereocenters. The van der Waals surface area contributed by atoms with Crippen LogP contribution < -0.4 is 5.32 Å². The highest BCUT2D eigenvalue weighted by Gasteiger charge is 2.08. The summed E-state index contributed by atoms with van der Waals surface area (Å²) >= 11 is 1.41. The molecular formula is C12H16N4OS. The Bertz CT molecular complexity index is 463. The molecule has 2 aromatic heterocycles. The van der Waals surface area contributed by atoms with Crippen molar-refractivity contribution in [2.45, 2.75) is 36.9 Å². The summed E-state index contributed by atoms with van der Waals surface area (Å²) in [6, 6.07) is 1.91. The van der Waals surface area contributed by atoms with Crippen LogP contribution in [0.5, 0.6) is 0 Å². The van der Waals surface area contributed by atoms with Gasteiger partial charge in [0.2, 0.25) is 0 Å². The average Bonchev–Trinajstić information content (AvgIpc) is 2.82. The van der Waals surface area contributed by atoms with Gasteiger partial charge in [0.05, 0.1) is 6.20 Å². The van der Waals surface area contributed by atoms with E-state index in [0.29, 0.717) is 5.22 Å². The van der Waals surface area contributed by atoms with Crippen molar-refractivity contribution in [3.8, 4) is 0 Å². The molecule has 0 unspecified atom stereocenters. The smallest absolute Gasteiger partial charge is 0.261 e. The van der Waals surface area contributed by atoms with Gasteiger partial charge in [-0.05, 0) is 25.1 Å². The van der Waals surface area contributed by atoms with E-state index >= 15 is 0 Å². The molecule has 0 spiro atoms. The minimum absolute atomic E-state index is 0.596.